The number of benzene rings is 1. The molecule has 1 aliphatic carbocycles. The number of carbonyl (C=O) groups is 1. The molecule has 154 valence electrons. The van der Waals surface area contributed by atoms with Gasteiger partial charge in [0.2, 0.25) is 5.91 Å². The van der Waals surface area contributed by atoms with Crippen LogP contribution < -0.4 is 5.32 Å². The van der Waals surface area contributed by atoms with Gasteiger partial charge in [-0.3, -0.25) is 9.69 Å². The van der Waals surface area contributed by atoms with Crippen LogP contribution in [-0.4, -0.2) is 54.0 Å². The van der Waals surface area contributed by atoms with E-state index in [0.717, 1.165) is 57.8 Å². The van der Waals surface area contributed by atoms with Gasteiger partial charge in [-0.15, -0.1) is 0 Å². The van der Waals surface area contributed by atoms with Crippen molar-refractivity contribution in [2.75, 3.05) is 26.2 Å². The Hall–Kier alpha value is -1.39. The van der Waals surface area contributed by atoms with Crippen LogP contribution in [0.15, 0.2) is 30.3 Å². The number of amides is 1. The van der Waals surface area contributed by atoms with Crippen molar-refractivity contribution in [2.45, 2.75) is 76.4 Å². The van der Waals surface area contributed by atoms with Gasteiger partial charge in [0.15, 0.2) is 0 Å². The van der Waals surface area contributed by atoms with Gasteiger partial charge in [-0.1, -0.05) is 49.6 Å². The van der Waals surface area contributed by atoms with Gasteiger partial charge in [0.05, 0.1) is 6.04 Å². The number of hydrogen-bond acceptors (Lipinski definition) is 3. The summed E-state index contributed by atoms with van der Waals surface area (Å²) >= 11 is 0. The second kappa shape index (κ2) is 9.89. The molecule has 4 nitrogen and oxygen atoms in total. The molecule has 1 saturated carbocycles. The van der Waals surface area contributed by atoms with Gasteiger partial charge in [-0.05, 0) is 56.6 Å². The minimum Gasteiger partial charge on any atom is -0.352 e. The zero-order valence-electron chi connectivity index (χ0n) is 17.3. The van der Waals surface area contributed by atoms with Crippen molar-refractivity contribution in [2.24, 2.45) is 5.92 Å². The fourth-order valence-electron chi connectivity index (χ4n) is 5.42. The normalized spacial score (nSPS) is 25.8. The maximum Gasteiger partial charge on any atom is 0.237 e. The molecule has 0 aromatic heterocycles. The van der Waals surface area contributed by atoms with Gasteiger partial charge in [-0.2, -0.15) is 0 Å². The first-order chi connectivity index (χ1) is 13.8. The molecule has 3 aliphatic rings. The van der Waals surface area contributed by atoms with Crippen molar-refractivity contribution < 1.29 is 4.79 Å². The summed E-state index contributed by atoms with van der Waals surface area (Å²) in [6.07, 6.45) is 11.5. The number of carbonyl (C=O) groups excluding carboxylic acids is 1. The first-order valence-corrected chi connectivity index (χ1v) is 11.6. The van der Waals surface area contributed by atoms with Crippen LogP contribution in [0.4, 0.5) is 0 Å². The molecule has 0 spiro atoms. The Labute approximate surface area is 170 Å². The summed E-state index contributed by atoms with van der Waals surface area (Å²) in [7, 11) is 0. The van der Waals surface area contributed by atoms with Gasteiger partial charge in [-0.25, -0.2) is 0 Å². The Morgan fingerprint density at radius 2 is 1.64 bits per heavy atom. The predicted molar refractivity (Wildman–Crippen MR) is 114 cm³/mol. The molecule has 1 amide bonds. The van der Waals surface area contributed by atoms with E-state index >= 15 is 0 Å². The van der Waals surface area contributed by atoms with Gasteiger partial charge in [0.25, 0.3) is 0 Å². The lowest BCUT2D eigenvalue weighted by Gasteiger charge is -2.36. The predicted octanol–water partition coefficient (Wildman–Crippen LogP) is 3.81. The Balaban J connectivity index is 1.21. The summed E-state index contributed by atoms with van der Waals surface area (Å²) in [5.41, 5.74) is 1.30. The van der Waals surface area contributed by atoms with Crippen molar-refractivity contribution in [3.63, 3.8) is 0 Å². The van der Waals surface area contributed by atoms with Crippen LogP contribution in [0.3, 0.4) is 0 Å². The molecular formula is C24H37N3O. The van der Waals surface area contributed by atoms with E-state index in [1.807, 2.05) is 0 Å². The van der Waals surface area contributed by atoms with E-state index in [1.165, 1.54) is 44.2 Å². The lowest BCUT2D eigenvalue weighted by molar-refractivity contribution is -0.126. The minimum atomic E-state index is 0.0560. The van der Waals surface area contributed by atoms with Crippen molar-refractivity contribution in [3.8, 4) is 0 Å². The molecule has 4 heteroatoms. The van der Waals surface area contributed by atoms with Gasteiger partial charge in [0, 0.05) is 32.2 Å². The first-order valence-electron chi connectivity index (χ1n) is 11.6. The topological polar surface area (TPSA) is 35.6 Å². The maximum absolute atomic E-state index is 12.9. The standard InChI is InChI=1S/C24H37N3O/c28-24(23-12-7-15-27(23)19-21-10-5-2-6-11-21)25-22-13-16-26(17-14-22)18-20-8-3-1-4-9-20/h2,5-6,10-11,20,22-23H,1,3-4,7-9,12-19H2,(H,25,28). The minimum absolute atomic E-state index is 0.0560. The summed E-state index contributed by atoms with van der Waals surface area (Å²) < 4.78 is 0. The zero-order valence-corrected chi connectivity index (χ0v) is 17.3. The van der Waals surface area contributed by atoms with Gasteiger partial charge >= 0.3 is 0 Å². The van der Waals surface area contributed by atoms with Crippen LogP contribution in [0.2, 0.25) is 0 Å². The average molecular weight is 384 g/mol. The fourth-order valence-corrected chi connectivity index (χ4v) is 5.42. The van der Waals surface area contributed by atoms with Crippen LogP contribution in [0.25, 0.3) is 0 Å². The van der Waals surface area contributed by atoms with Crippen molar-refractivity contribution >= 4 is 5.91 Å². The second-order valence-corrected chi connectivity index (χ2v) is 9.20. The van der Waals surface area contributed by atoms with E-state index < -0.39 is 0 Å². The molecule has 2 heterocycles. The molecule has 2 saturated heterocycles. The van der Waals surface area contributed by atoms with Crippen molar-refractivity contribution in [3.05, 3.63) is 35.9 Å². The number of piperidine rings is 1. The highest BCUT2D eigenvalue weighted by Gasteiger charge is 2.32. The SMILES string of the molecule is O=C(NC1CCN(CC2CCCCC2)CC1)C1CCCN1Cc1ccccc1. The molecule has 2 aliphatic heterocycles. The molecule has 3 fully saturated rings. The number of likely N-dealkylation sites (tertiary alicyclic amines) is 2. The monoisotopic (exact) mass is 383 g/mol. The zero-order chi connectivity index (χ0) is 19.2. The molecule has 1 aromatic rings. The summed E-state index contributed by atoms with van der Waals surface area (Å²) in [5.74, 6) is 1.18. The number of nitrogens with one attached hydrogen (secondary N) is 1. The number of rotatable bonds is 6. The van der Waals surface area contributed by atoms with E-state index in [2.05, 4.69) is 45.4 Å². The van der Waals surface area contributed by atoms with Crippen LogP contribution >= 0.6 is 0 Å². The van der Waals surface area contributed by atoms with Crippen LogP contribution in [-0.2, 0) is 11.3 Å². The van der Waals surface area contributed by atoms with Gasteiger partial charge < -0.3 is 10.2 Å². The highest BCUT2D eigenvalue weighted by atomic mass is 16.2. The maximum atomic E-state index is 12.9. The van der Waals surface area contributed by atoms with Crippen LogP contribution in [0, 0.1) is 5.92 Å². The Morgan fingerprint density at radius 1 is 0.893 bits per heavy atom. The average Bonchev–Trinajstić information content (AvgIpc) is 3.19. The lowest BCUT2D eigenvalue weighted by atomic mass is 9.88. The third-order valence-corrected chi connectivity index (χ3v) is 7.07. The lowest BCUT2D eigenvalue weighted by Crippen LogP contribution is -2.50. The summed E-state index contributed by atoms with van der Waals surface area (Å²) in [5, 5.41) is 3.39. The number of hydrogen-bond donors (Lipinski definition) is 1. The molecule has 1 aromatic carbocycles. The third kappa shape index (κ3) is 5.36. The third-order valence-electron chi connectivity index (χ3n) is 7.07. The highest BCUT2D eigenvalue weighted by molar-refractivity contribution is 5.82. The first kappa shape index (κ1) is 19.9. The Morgan fingerprint density at radius 3 is 2.39 bits per heavy atom. The summed E-state index contributed by atoms with van der Waals surface area (Å²) in [6.45, 7) is 5.51. The smallest absolute Gasteiger partial charge is 0.237 e. The molecular weight excluding hydrogens is 346 g/mol. The molecule has 1 N–H and O–H groups in total. The molecule has 1 atom stereocenters. The largest absolute Gasteiger partial charge is 0.352 e. The van der Waals surface area contributed by atoms with Crippen LogP contribution in [0.1, 0.15) is 63.4 Å². The summed E-state index contributed by atoms with van der Waals surface area (Å²) in [6, 6.07) is 11.0. The Kier molecular flexibility index (Phi) is 7.03. The van der Waals surface area contributed by atoms with Crippen LogP contribution in [0.5, 0.6) is 0 Å². The van der Waals surface area contributed by atoms with Crippen molar-refractivity contribution in [1.82, 2.24) is 15.1 Å². The fraction of sp³-hybridized carbons (Fsp3) is 0.708. The number of nitrogens with zero attached hydrogens (tertiary/aromatic N) is 2. The Bertz CT molecular complexity index is 606. The molecule has 0 bridgehead atoms. The van der Waals surface area contributed by atoms with E-state index in [-0.39, 0.29) is 11.9 Å². The van der Waals surface area contributed by atoms with E-state index in [0.29, 0.717) is 6.04 Å². The quantitative estimate of drug-likeness (QED) is 0.811. The molecule has 4 rings (SSSR count). The van der Waals surface area contributed by atoms with E-state index in [4.69, 9.17) is 0 Å². The highest BCUT2D eigenvalue weighted by Crippen LogP contribution is 2.26. The van der Waals surface area contributed by atoms with E-state index in [9.17, 15) is 4.79 Å². The molecule has 0 radical (unpaired) electrons. The van der Waals surface area contributed by atoms with Crippen molar-refractivity contribution in [1.29, 1.82) is 0 Å². The van der Waals surface area contributed by atoms with E-state index in [1.54, 1.807) is 0 Å². The molecule has 1 unspecified atom stereocenters. The van der Waals surface area contributed by atoms with Gasteiger partial charge in [0.1, 0.15) is 0 Å². The molecule has 28 heavy (non-hydrogen) atoms. The summed E-state index contributed by atoms with van der Waals surface area (Å²) in [4.78, 5) is 18.0. The second-order valence-electron chi connectivity index (χ2n) is 9.20.